The van der Waals surface area contributed by atoms with Crippen molar-refractivity contribution in [3.63, 3.8) is 0 Å². The minimum Gasteiger partial charge on any atom is -0.382 e. The molecule has 3 rings (SSSR count). The zero-order chi connectivity index (χ0) is 18.5. The van der Waals surface area contributed by atoms with E-state index in [1.807, 2.05) is 49.4 Å². The van der Waals surface area contributed by atoms with E-state index in [1.165, 1.54) is 0 Å². The zero-order valence-electron chi connectivity index (χ0n) is 15.9. The Kier molecular flexibility index (Phi) is 5.89. The van der Waals surface area contributed by atoms with E-state index in [9.17, 15) is 4.79 Å². The number of hydrogen-bond acceptors (Lipinski definition) is 2. The molecule has 0 spiro atoms. The highest BCUT2D eigenvalue weighted by molar-refractivity contribution is 6.17. The number of hydrogen-bond donors (Lipinski definition) is 0. The molecule has 0 aliphatic carbocycles. The van der Waals surface area contributed by atoms with Crippen molar-refractivity contribution in [2.75, 3.05) is 13.2 Å². The van der Waals surface area contributed by atoms with E-state index in [4.69, 9.17) is 4.74 Å². The molecule has 1 atom stereocenters. The van der Waals surface area contributed by atoms with Gasteiger partial charge >= 0.3 is 0 Å². The fourth-order valence-corrected chi connectivity index (χ4v) is 3.76. The van der Waals surface area contributed by atoms with E-state index in [1.54, 1.807) is 0 Å². The Morgan fingerprint density at radius 3 is 2.42 bits per heavy atom. The molecule has 26 heavy (non-hydrogen) atoms. The van der Waals surface area contributed by atoms with Gasteiger partial charge in [-0.3, -0.25) is 4.79 Å². The number of ether oxygens (including phenoxy) is 1. The summed E-state index contributed by atoms with van der Waals surface area (Å²) in [6, 6.07) is 18.1. The average Bonchev–Trinajstić information content (AvgIpc) is 2.97. The number of benzene rings is 2. The molecule has 3 nitrogen and oxygen atoms in total. The molecule has 1 aromatic heterocycles. The summed E-state index contributed by atoms with van der Waals surface area (Å²) in [4.78, 5) is 13.2. The van der Waals surface area contributed by atoms with Crippen molar-refractivity contribution < 1.29 is 9.53 Å². The lowest BCUT2D eigenvalue weighted by Gasteiger charge is -2.21. The molecule has 136 valence electrons. The average molecular weight is 349 g/mol. The summed E-state index contributed by atoms with van der Waals surface area (Å²) in [5.41, 5.74) is 3.73. The van der Waals surface area contributed by atoms with Gasteiger partial charge in [0.15, 0.2) is 5.78 Å². The molecule has 0 radical (unpaired) electrons. The lowest BCUT2D eigenvalue weighted by atomic mass is 10.0. The second kappa shape index (κ2) is 8.33. The largest absolute Gasteiger partial charge is 0.382 e. The number of rotatable bonds is 8. The van der Waals surface area contributed by atoms with E-state index >= 15 is 0 Å². The molecular formula is C23H27NO2. The first-order valence-corrected chi connectivity index (χ1v) is 9.46. The molecule has 3 aromatic rings. The van der Waals surface area contributed by atoms with Crippen LogP contribution in [0.25, 0.3) is 10.9 Å². The van der Waals surface area contributed by atoms with E-state index in [2.05, 4.69) is 30.5 Å². The third-order valence-corrected chi connectivity index (χ3v) is 5.06. The van der Waals surface area contributed by atoms with Crippen LogP contribution in [-0.2, 0) is 4.74 Å². The Labute approximate surface area is 155 Å². The van der Waals surface area contributed by atoms with Crippen LogP contribution in [0.4, 0.5) is 0 Å². The van der Waals surface area contributed by atoms with Gasteiger partial charge in [-0.15, -0.1) is 0 Å². The van der Waals surface area contributed by atoms with Gasteiger partial charge in [0, 0.05) is 41.4 Å². The van der Waals surface area contributed by atoms with Crippen LogP contribution in [0, 0.1) is 6.92 Å². The van der Waals surface area contributed by atoms with E-state index in [0.717, 1.165) is 53.8 Å². The smallest absolute Gasteiger partial charge is 0.195 e. The number of para-hydroxylation sites is 1. The summed E-state index contributed by atoms with van der Waals surface area (Å²) < 4.78 is 7.92. The van der Waals surface area contributed by atoms with Gasteiger partial charge in [-0.1, -0.05) is 55.5 Å². The van der Waals surface area contributed by atoms with Crippen LogP contribution in [-0.4, -0.2) is 23.6 Å². The summed E-state index contributed by atoms with van der Waals surface area (Å²) in [6.07, 6.45) is 1.95. The summed E-state index contributed by atoms with van der Waals surface area (Å²) in [7, 11) is 0. The van der Waals surface area contributed by atoms with Crippen molar-refractivity contribution in [1.82, 2.24) is 4.57 Å². The van der Waals surface area contributed by atoms with Gasteiger partial charge in [0.25, 0.3) is 0 Å². The molecule has 1 heterocycles. The third kappa shape index (κ3) is 3.45. The summed E-state index contributed by atoms with van der Waals surface area (Å²) in [5.74, 6) is 0.0951. The van der Waals surface area contributed by atoms with Gasteiger partial charge < -0.3 is 9.30 Å². The number of nitrogens with zero attached hydrogens (tertiary/aromatic N) is 1. The quantitative estimate of drug-likeness (QED) is 0.394. The number of carbonyl (C=O) groups is 1. The minimum atomic E-state index is 0.0951. The summed E-state index contributed by atoms with van der Waals surface area (Å²) in [5, 5.41) is 1.04. The molecule has 0 bridgehead atoms. The van der Waals surface area contributed by atoms with Crippen LogP contribution in [0.5, 0.6) is 0 Å². The third-order valence-electron chi connectivity index (χ3n) is 5.06. The Bertz CT molecular complexity index is 880. The lowest BCUT2D eigenvalue weighted by molar-refractivity contribution is 0.103. The molecular weight excluding hydrogens is 322 g/mol. The topological polar surface area (TPSA) is 31.2 Å². The van der Waals surface area contributed by atoms with Crippen molar-refractivity contribution in [3.05, 3.63) is 71.4 Å². The Balaban J connectivity index is 2.11. The highest BCUT2D eigenvalue weighted by atomic mass is 16.5. The number of aromatic nitrogens is 1. The first-order chi connectivity index (χ1) is 12.7. The molecule has 0 N–H and O–H groups in total. The molecule has 2 aromatic carbocycles. The van der Waals surface area contributed by atoms with Gasteiger partial charge in [-0.2, -0.15) is 0 Å². The van der Waals surface area contributed by atoms with Crippen LogP contribution in [0.3, 0.4) is 0 Å². The zero-order valence-corrected chi connectivity index (χ0v) is 15.9. The first-order valence-electron chi connectivity index (χ1n) is 9.46. The second-order valence-corrected chi connectivity index (χ2v) is 6.59. The van der Waals surface area contributed by atoms with Gasteiger partial charge in [0.2, 0.25) is 0 Å². The highest BCUT2D eigenvalue weighted by Crippen LogP contribution is 2.33. The normalized spacial score (nSPS) is 12.4. The molecule has 0 saturated carbocycles. The number of ketones is 1. The minimum absolute atomic E-state index is 0.0951. The predicted octanol–water partition coefficient (Wildman–Crippen LogP) is 5.56. The van der Waals surface area contributed by atoms with E-state index in [0.29, 0.717) is 6.04 Å². The van der Waals surface area contributed by atoms with Crippen LogP contribution in [0.1, 0.15) is 54.3 Å². The highest BCUT2D eigenvalue weighted by Gasteiger charge is 2.23. The SMILES string of the molecule is CCOCCC(CC)n1c(C)c(C(=O)c2ccccc2)c2ccccc21. The lowest BCUT2D eigenvalue weighted by Crippen LogP contribution is -2.13. The maximum atomic E-state index is 13.2. The number of fused-ring (bicyclic) bond motifs is 1. The van der Waals surface area contributed by atoms with Crippen molar-refractivity contribution in [3.8, 4) is 0 Å². The van der Waals surface area contributed by atoms with Crippen molar-refractivity contribution in [2.24, 2.45) is 0 Å². The molecule has 0 aliphatic rings. The first kappa shape index (κ1) is 18.4. The van der Waals surface area contributed by atoms with Crippen LogP contribution in [0.2, 0.25) is 0 Å². The number of carbonyl (C=O) groups excluding carboxylic acids is 1. The molecule has 0 amide bonds. The van der Waals surface area contributed by atoms with Crippen LogP contribution >= 0.6 is 0 Å². The Morgan fingerprint density at radius 2 is 1.73 bits per heavy atom. The van der Waals surface area contributed by atoms with Gasteiger partial charge in [-0.05, 0) is 32.8 Å². The maximum Gasteiger partial charge on any atom is 0.195 e. The van der Waals surface area contributed by atoms with Crippen LogP contribution < -0.4 is 0 Å². The summed E-state index contributed by atoms with van der Waals surface area (Å²) in [6.45, 7) is 7.76. The molecule has 1 unspecified atom stereocenters. The van der Waals surface area contributed by atoms with Gasteiger partial charge in [0.1, 0.15) is 0 Å². The summed E-state index contributed by atoms with van der Waals surface area (Å²) >= 11 is 0. The van der Waals surface area contributed by atoms with Crippen molar-refractivity contribution >= 4 is 16.7 Å². The fourth-order valence-electron chi connectivity index (χ4n) is 3.76. The molecule has 0 saturated heterocycles. The van der Waals surface area contributed by atoms with Crippen molar-refractivity contribution in [1.29, 1.82) is 0 Å². The standard InChI is InChI=1S/C23H27NO2/c1-4-19(15-16-26-5-2)24-17(3)22(20-13-9-10-14-21(20)24)23(25)18-11-7-6-8-12-18/h6-14,19H,4-5,15-16H2,1-3H3. The molecule has 3 heteroatoms. The molecule has 0 aliphatic heterocycles. The van der Waals surface area contributed by atoms with Crippen LogP contribution in [0.15, 0.2) is 54.6 Å². The van der Waals surface area contributed by atoms with E-state index < -0.39 is 0 Å². The Morgan fingerprint density at radius 1 is 1.04 bits per heavy atom. The van der Waals surface area contributed by atoms with Gasteiger partial charge in [-0.25, -0.2) is 0 Å². The fraction of sp³-hybridized carbons (Fsp3) is 0.348. The monoisotopic (exact) mass is 349 g/mol. The van der Waals surface area contributed by atoms with E-state index in [-0.39, 0.29) is 5.78 Å². The predicted molar refractivity (Wildman–Crippen MR) is 107 cm³/mol. The maximum absolute atomic E-state index is 13.2. The molecule has 0 fully saturated rings. The van der Waals surface area contributed by atoms with Gasteiger partial charge in [0.05, 0.1) is 5.56 Å². The Hall–Kier alpha value is -2.39. The van der Waals surface area contributed by atoms with Crippen molar-refractivity contribution in [2.45, 2.75) is 39.7 Å². The second-order valence-electron chi connectivity index (χ2n) is 6.59.